The Morgan fingerprint density at radius 2 is 2.50 bits per heavy atom. The molecule has 0 amide bonds. The number of fused-ring (bicyclic) bond motifs is 1. The maximum absolute atomic E-state index is 9.57. The van der Waals surface area contributed by atoms with Gasteiger partial charge in [-0.2, -0.15) is 5.26 Å². The highest BCUT2D eigenvalue weighted by molar-refractivity contribution is 7.12. The van der Waals surface area contributed by atoms with Crippen LogP contribution in [0.3, 0.4) is 0 Å². The fourth-order valence-electron chi connectivity index (χ4n) is 1.59. The summed E-state index contributed by atoms with van der Waals surface area (Å²) in [7, 11) is 0. The van der Waals surface area contributed by atoms with E-state index in [9.17, 15) is 5.11 Å². The van der Waals surface area contributed by atoms with Crippen LogP contribution in [-0.2, 0) is 6.42 Å². The van der Waals surface area contributed by atoms with Crippen molar-refractivity contribution in [1.82, 2.24) is 0 Å². The van der Waals surface area contributed by atoms with Crippen LogP contribution in [0.15, 0.2) is 6.07 Å². The van der Waals surface area contributed by atoms with Gasteiger partial charge in [0.25, 0.3) is 0 Å². The maximum atomic E-state index is 9.57. The molecule has 1 N–H and O–H groups in total. The van der Waals surface area contributed by atoms with Gasteiger partial charge in [0, 0.05) is 4.88 Å². The Morgan fingerprint density at radius 1 is 1.67 bits per heavy atom. The Bertz CT molecular complexity index is 337. The molecule has 1 unspecified atom stereocenters. The minimum Gasteiger partial charge on any atom is -0.388 e. The van der Waals surface area contributed by atoms with Crippen LogP contribution in [0.1, 0.15) is 34.3 Å². The van der Waals surface area contributed by atoms with E-state index in [0.717, 1.165) is 29.7 Å². The Hall–Kier alpha value is -0.850. The number of nitriles is 1. The molecule has 0 spiro atoms. The molecule has 62 valence electrons. The van der Waals surface area contributed by atoms with Crippen LogP contribution in [0.4, 0.5) is 0 Å². The number of aliphatic hydroxyl groups is 1. The SMILES string of the molecule is N#Cc1cc2c(s1)CCCC2O. The van der Waals surface area contributed by atoms with Crippen LogP contribution in [0, 0.1) is 11.3 Å². The number of rotatable bonds is 0. The van der Waals surface area contributed by atoms with Crippen molar-refractivity contribution in [2.24, 2.45) is 0 Å². The van der Waals surface area contributed by atoms with Gasteiger partial charge in [-0.3, -0.25) is 0 Å². The fraction of sp³-hybridized carbons (Fsp3) is 0.444. The molecule has 1 aromatic rings. The first-order valence-electron chi connectivity index (χ1n) is 4.02. The van der Waals surface area contributed by atoms with Gasteiger partial charge in [-0.05, 0) is 30.9 Å². The van der Waals surface area contributed by atoms with Gasteiger partial charge in [0.2, 0.25) is 0 Å². The molecule has 0 saturated carbocycles. The van der Waals surface area contributed by atoms with E-state index in [-0.39, 0.29) is 6.10 Å². The summed E-state index contributed by atoms with van der Waals surface area (Å²) in [5, 5.41) is 18.2. The molecule has 2 nitrogen and oxygen atoms in total. The van der Waals surface area contributed by atoms with Gasteiger partial charge >= 0.3 is 0 Å². The molecule has 0 radical (unpaired) electrons. The summed E-state index contributed by atoms with van der Waals surface area (Å²) in [5.41, 5.74) is 0.989. The molecular weight excluding hydrogens is 170 g/mol. The van der Waals surface area contributed by atoms with Crippen LogP contribution in [0.25, 0.3) is 0 Å². The second-order valence-electron chi connectivity index (χ2n) is 3.01. The summed E-state index contributed by atoms with van der Waals surface area (Å²) in [6.45, 7) is 0. The highest BCUT2D eigenvalue weighted by Crippen LogP contribution is 2.35. The van der Waals surface area contributed by atoms with Gasteiger partial charge in [0.15, 0.2) is 0 Å². The predicted molar refractivity (Wildman–Crippen MR) is 46.9 cm³/mol. The lowest BCUT2D eigenvalue weighted by atomic mass is 9.96. The zero-order valence-electron chi connectivity index (χ0n) is 6.58. The molecule has 1 aliphatic rings. The number of aryl methyl sites for hydroxylation is 1. The number of hydrogen-bond acceptors (Lipinski definition) is 3. The highest BCUT2D eigenvalue weighted by Gasteiger charge is 2.20. The number of thiophene rings is 1. The first kappa shape index (κ1) is 7.78. The van der Waals surface area contributed by atoms with E-state index < -0.39 is 0 Å². The van der Waals surface area contributed by atoms with E-state index >= 15 is 0 Å². The molecular formula is C9H9NOS. The quantitative estimate of drug-likeness (QED) is 0.662. The van der Waals surface area contributed by atoms with E-state index in [1.807, 2.05) is 6.07 Å². The lowest BCUT2D eigenvalue weighted by molar-refractivity contribution is 0.157. The van der Waals surface area contributed by atoms with E-state index in [4.69, 9.17) is 5.26 Å². The molecule has 1 atom stereocenters. The van der Waals surface area contributed by atoms with Crippen molar-refractivity contribution in [2.45, 2.75) is 25.4 Å². The van der Waals surface area contributed by atoms with Crippen LogP contribution in [0.5, 0.6) is 0 Å². The first-order valence-corrected chi connectivity index (χ1v) is 4.83. The van der Waals surface area contributed by atoms with Crippen molar-refractivity contribution in [3.8, 4) is 6.07 Å². The van der Waals surface area contributed by atoms with Crippen LogP contribution in [0.2, 0.25) is 0 Å². The van der Waals surface area contributed by atoms with Gasteiger partial charge in [0.05, 0.1) is 6.10 Å². The first-order chi connectivity index (χ1) is 5.81. The number of hydrogen-bond donors (Lipinski definition) is 1. The van der Waals surface area contributed by atoms with Crippen LogP contribution < -0.4 is 0 Å². The average molecular weight is 179 g/mol. The minimum atomic E-state index is -0.327. The largest absolute Gasteiger partial charge is 0.388 e. The topological polar surface area (TPSA) is 44.0 Å². The van der Waals surface area contributed by atoms with Gasteiger partial charge in [-0.25, -0.2) is 0 Å². The molecule has 0 fully saturated rings. The summed E-state index contributed by atoms with van der Waals surface area (Å²) in [6, 6.07) is 3.94. The van der Waals surface area contributed by atoms with Gasteiger partial charge in [0.1, 0.15) is 10.9 Å². The molecule has 0 saturated heterocycles. The maximum Gasteiger partial charge on any atom is 0.110 e. The molecule has 2 rings (SSSR count). The zero-order valence-corrected chi connectivity index (χ0v) is 7.40. The molecule has 12 heavy (non-hydrogen) atoms. The summed E-state index contributed by atoms with van der Waals surface area (Å²) >= 11 is 1.52. The molecule has 3 heteroatoms. The van der Waals surface area contributed by atoms with Crippen molar-refractivity contribution < 1.29 is 5.11 Å². The minimum absolute atomic E-state index is 0.327. The van der Waals surface area contributed by atoms with Crippen molar-refractivity contribution in [1.29, 1.82) is 5.26 Å². The monoisotopic (exact) mass is 179 g/mol. The molecule has 0 bridgehead atoms. The van der Waals surface area contributed by atoms with Crippen molar-refractivity contribution in [2.75, 3.05) is 0 Å². The van der Waals surface area contributed by atoms with Crippen molar-refractivity contribution >= 4 is 11.3 Å². The summed E-state index contributed by atoms with van der Waals surface area (Å²) < 4.78 is 0. The Kier molecular flexibility index (Phi) is 1.87. The summed E-state index contributed by atoms with van der Waals surface area (Å²) in [4.78, 5) is 1.92. The van der Waals surface area contributed by atoms with Gasteiger partial charge in [-0.1, -0.05) is 0 Å². The predicted octanol–water partition coefficient (Wildman–Crippen LogP) is 1.99. The highest BCUT2D eigenvalue weighted by atomic mass is 32.1. The van der Waals surface area contributed by atoms with E-state index in [1.165, 1.54) is 16.2 Å². The van der Waals surface area contributed by atoms with E-state index in [1.54, 1.807) is 0 Å². The van der Waals surface area contributed by atoms with Crippen molar-refractivity contribution in [3.63, 3.8) is 0 Å². The van der Waals surface area contributed by atoms with E-state index in [0.29, 0.717) is 0 Å². The van der Waals surface area contributed by atoms with E-state index in [2.05, 4.69) is 6.07 Å². The Balaban J connectivity index is 2.45. The third kappa shape index (κ3) is 1.13. The fourth-order valence-corrected chi connectivity index (χ4v) is 2.64. The lowest BCUT2D eigenvalue weighted by Gasteiger charge is -2.16. The van der Waals surface area contributed by atoms with Crippen molar-refractivity contribution in [3.05, 3.63) is 21.4 Å². The van der Waals surface area contributed by atoms with Crippen LogP contribution >= 0.6 is 11.3 Å². The normalized spacial score (nSPS) is 21.5. The molecule has 0 aromatic carbocycles. The summed E-state index contributed by atoms with van der Waals surface area (Å²) in [5.74, 6) is 0. The third-order valence-electron chi connectivity index (χ3n) is 2.19. The molecule has 1 aliphatic carbocycles. The number of nitrogens with zero attached hydrogens (tertiary/aromatic N) is 1. The zero-order chi connectivity index (χ0) is 8.55. The average Bonchev–Trinajstić information content (AvgIpc) is 2.49. The molecule has 1 aromatic heterocycles. The Morgan fingerprint density at radius 3 is 3.17 bits per heavy atom. The smallest absolute Gasteiger partial charge is 0.110 e. The molecule has 0 aliphatic heterocycles. The van der Waals surface area contributed by atoms with Gasteiger partial charge in [-0.15, -0.1) is 11.3 Å². The van der Waals surface area contributed by atoms with Crippen LogP contribution in [-0.4, -0.2) is 5.11 Å². The standard InChI is InChI=1S/C9H9NOS/c10-5-6-4-7-8(11)2-1-3-9(7)12-6/h4,8,11H,1-3H2. The van der Waals surface area contributed by atoms with Gasteiger partial charge < -0.3 is 5.11 Å². The number of aliphatic hydroxyl groups excluding tert-OH is 1. The summed E-state index contributed by atoms with van der Waals surface area (Å²) in [6.07, 6.45) is 2.58. The Labute approximate surface area is 75.1 Å². The third-order valence-corrected chi connectivity index (χ3v) is 3.31. The second kappa shape index (κ2) is 2.89. The molecule has 1 heterocycles. The lowest BCUT2D eigenvalue weighted by Crippen LogP contribution is -2.05. The second-order valence-corrected chi connectivity index (χ2v) is 4.15.